The maximum absolute atomic E-state index is 5.34. The van der Waals surface area contributed by atoms with E-state index in [1.807, 2.05) is 19.1 Å². The molecule has 0 saturated carbocycles. The summed E-state index contributed by atoms with van der Waals surface area (Å²) in [5.74, 6) is 1.62. The highest BCUT2D eigenvalue weighted by Crippen LogP contribution is 2.31. The van der Waals surface area contributed by atoms with Crippen LogP contribution < -0.4 is 9.47 Å². The van der Waals surface area contributed by atoms with Crippen LogP contribution in [0.25, 0.3) is 0 Å². The molecule has 1 rings (SSSR count). The molecule has 0 fully saturated rings. The van der Waals surface area contributed by atoms with Crippen molar-refractivity contribution in [1.82, 2.24) is 0 Å². The van der Waals surface area contributed by atoms with Crippen LogP contribution in [0.5, 0.6) is 11.5 Å². The topological polar surface area (TPSA) is 18.5 Å². The van der Waals surface area contributed by atoms with Crippen LogP contribution in [-0.4, -0.2) is 14.2 Å². The van der Waals surface area contributed by atoms with Crippen molar-refractivity contribution in [3.05, 3.63) is 35.9 Å². The van der Waals surface area contributed by atoms with Crippen LogP contribution in [0.4, 0.5) is 0 Å². The first kappa shape index (κ1) is 11.6. The van der Waals surface area contributed by atoms with Crippen LogP contribution in [-0.2, 0) is 6.42 Å². The highest BCUT2D eigenvalue weighted by atomic mass is 16.5. The zero-order chi connectivity index (χ0) is 11.3. The van der Waals surface area contributed by atoms with Gasteiger partial charge in [-0.1, -0.05) is 17.7 Å². The second-order valence-electron chi connectivity index (χ2n) is 3.61. The Hall–Kier alpha value is -1.44. The SMILES string of the molecule is C=C(C)CCc1cccc(OC)c1OC. The molecule has 2 heteroatoms. The van der Waals surface area contributed by atoms with E-state index in [0.29, 0.717) is 0 Å². The summed E-state index contributed by atoms with van der Waals surface area (Å²) in [5.41, 5.74) is 2.35. The maximum atomic E-state index is 5.34. The third kappa shape index (κ3) is 3.01. The van der Waals surface area contributed by atoms with Crippen molar-refractivity contribution in [2.45, 2.75) is 19.8 Å². The van der Waals surface area contributed by atoms with E-state index in [1.165, 1.54) is 11.1 Å². The molecule has 2 nitrogen and oxygen atoms in total. The molecule has 0 N–H and O–H groups in total. The van der Waals surface area contributed by atoms with Gasteiger partial charge < -0.3 is 9.47 Å². The molecule has 15 heavy (non-hydrogen) atoms. The summed E-state index contributed by atoms with van der Waals surface area (Å²) in [6.07, 6.45) is 1.92. The Balaban J connectivity index is 2.90. The lowest BCUT2D eigenvalue weighted by atomic mass is 10.1. The molecule has 0 bridgehead atoms. The number of benzene rings is 1. The molecular formula is C13H18O2. The monoisotopic (exact) mass is 206 g/mol. The van der Waals surface area contributed by atoms with Gasteiger partial charge in [-0.3, -0.25) is 0 Å². The van der Waals surface area contributed by atoms with Crippen LogP contribution in [0.15, 0.2) is 30.4 Å². The van der Waals surface area contributed by atoms with Gasteiger partial charge in [0.05, 0.1) is 14.2 Å². The molecule has 0 radical (unpaired) electrons. The molecule has 0 heterocycles. The highest BCUT2D eigenvalue weighted by molar-refractivity contribution is 5.46. The van der Waals surface area contributed by atoms with Crippen LogP contribution in [0, 0.1) is 0 Å². The number of allylic oxidation sites excluding steroid dienone is 1. The quantitative estimate of drug-likeness (QED) is 0.689. The number of methoxy groups -OCH3 is 2. The number of rotatable bonds is 5. The average Bonchev–Trinajstić information content (AvgIpc) is 2.25. The summed E-state index contributed by atoms with van der Waals surface area (Å²) in [4.78, 5) is 0. The molecule has 0 unspecified atom stereocenters. The van der Waals surface area contributed by atoms with Crippen LogP contribution in [0.1, 0.15) is 18.9 Å². The summed E-state index contributed by atoms with van der Waals surface area (Å²) < 4.78 is 10.6. The molecule has 1 aromatic rings. The van der Waals surface area contributed by atoms with Gasteiger partial charge >= 0.3 is 0 Å². The fraction of sp³-hybridized carbons (Fsp3) is 0.385. The lowest BCUT2D eigenvalue weighted by Crippen LogP contribution is -1.96. The Kier molecular flexibility index (Phi) is 4.22. The lowest BCUT2D eigenvalue weighted by Gasteiger charge is -2.12. The van der Waals surface area contributed by atoms with E-state index in [2.05, 4.69) is 12.6 Å². The van der Waals surface area contributed by atoms with Crippen molar-refractivity contribution < 1.29 is 9.47 Å². The zero-order valence-electron chi connectivity index (χ0n) is 9.67. The van der Waals surface area contributed by atoms with Crippen molar-refractivity contribution in [3.63, 3.8) is 0 Å². The minimum absolute atomic E-state index is 0.789. The summed E-state index contributed by atoms with van der Waals surface area (Å²) in [6.45, 7) is 5.93. The fourth-order valence-electron chi connectivity index (χ4n) is 1.50. The smallest absolute Gasteiger partial charge is 0.163 e. The summed E-state index contributed by atoms with van der Waals surface area (Å²) in [6, 6.07) is 5.95. The Labute approximate surface area is 91.5 Å². The van der Waals surface area contributed by atoms with Gasteiger partial charge in [-0.25, -0.2) is 0 Å². The number of hydrogen-bond acceptors (Lipinski definition) is 2. The Morgan fingerprint density at radius 3 is 2.53 bits per heavy atom. The summed E-state index contributed by atoms with van der Waals surface area (Å²) in [7, 11) is 3.32. The Bertz CT molecular complexity index is 342. The largest absolute Gasteiger partial charge is 0.493 e. The van der Waals surface area contributed by atoms with Gasteiger partial charge in [0.2, 0.25) is 0 Å². The molecule has 0 spiro atoms. The predicted molar refractivity (Wildman–Crippen MR) is 62.7 cm³/mol. The normalized spacial score (nSPS) is 9.80. The molecule has 0 saturated heterocycles. The van der Waals surface area contributed by atoms with Gasteiger partial charge in [0.15, 0.2) is 11.5 Å². The van der Waals surface area contributed by atoms with Gasteiger partial charge in [-0.15, -0.1) is 6.58 Å². The maximum Gasteiger partial charge on any atom is 0.163 e. The average molecular weight is 206 g/mol. The molecule has 0 aliphatic carbocycles. The first-order valence-corrected chi connectivity index (χ1v) is 5.03. The third-order valence-corrected chi connectivity index (χ3v) is 2.31. The van der Waals surface area contributed by atoms with Gasteiger partial charge in [-0.2, -0.15) is 0 Å². The molecule has 0 aliphatic rings. The predicted octanol–water partition coefficient (Wildman–Crippen LogP) is 3.21. The first-order chi connectivity index (χ1) is 7.19. The fourth-order valence-corrected chi connectivity index (χ4v) is 1.50. The number of aryl methyl sites for hydroxylation is 1. The molecule has 1 aromatic carbocycles. The molecule has 0 atom stereocenters. The second kappa shape index (κ2) is 5.44. The minimum atomic E-state index is 0.789. The number of para-hydroxylation sites is 1. The standard InChI is InChI=1S/C13H18O2/c1-10(2)8-9-11-6-5-7-12(14-3)13(11)15-4/h5-7H,1,8-9H2,2-4H3. The Morgan fingerprint density at radius 1 is 1.27 bits per heavy atom. The Morgan fingerprint density at radius 2 is 2.00 bits per heavy atom. The summed E-state index contributed by atoms with van der Waals surface area (Å²) in [5, 5.41) is 0. The van der Waals surface area contributed by atoms with Gasteiger partial charge in [0, 0.05) is 0 Å². The van der Waals surface area contributed by atoms with Crippen molar-refractivity contribution >= 4 is 0 Å². The van der Waals surface area contributed by atoms with Crippen LogP contribution >= 0.6 is 0 Å². The van der Waals surface area contributed by atoms with Gasteiger partial charge in [0.1, 0.15) is 0 Å². The zero-order valence-corrected chi connectivity index (χ0v) is 9.67. The minimum Gasteiger partial charge on any atom is -0.493 e. The molecule has 0 aromatic heterocycles. The van der Waals surface area contributed by atoms with Crippen molar-refractivity contribution in [2.24, 2.45) is 0 Å². The number of ether oxygens (including phenoxy) is 2. The van der Waals surface area contributed by atoms with E-state index in [-0.39, 0.29) is 0 Å². The van der Waals surface area contributed by atoms with E-state index in [0.717, 1.165) is 24.3 Å². The summed E-state index contributed by atoms with van der Waals surface area (Å²) >= 11 is 0. The van der Waals surface area contributed by atoms with E-state index in [9.17, 15) is 0 Å². The number of hydrogen-bond donors (Lipinski definition) is 0. The first-order valence-electron chi connectivity index (χ1n) is 5.03. The van der Waals surface area contributed by atoms with Crippen molar-refractivity contribution in [2.75, 3.05) is 14.2 Å². The third-order valence-electron chi connectivity index (χ3n) is 2.31. The molecule has 0 aliphatic heterocycles. The van der Waals surface area contributed by atoms with E-state index in [1.54, 1.807) is 14.2 Å². The van der Waals surface area contributed by atoms with Crippen LogP contribution in [0.2, 0.25) is 0 Å². The molecule has 0 amide bonds. The molecule has 82 valence electrons. The van der Waals surface area contributed by atoms with E-state index >= 15 is 0 Å². The van der Waals surface area contributed by atoms with Crippen molar-refractivity contribution in [3.8, 4) is 11.5 Å². The van der Waals surface area contributed by atoms with Gasteiger partial charge in [0.25, 0.3) is 0 Å². The van der Waals surface area contributed by atoms with E-state index < -0.39 is 0 Å². The second-order valence-corrected chi connectivity index (χ2v) is 3.61. The van der Waals surface area contributed by atoms with Crippen molar-refractivity contribution in [1.29, 1.82) is 0 Å². The van der Waals surface area contributed by atoms with Gasteiger partial charge in [-0.05, 0) is 31.4 Å². The lowest BCUT2D eigenvalue weighted by molar-refractivity contribution is 0.351. The molecular weight excluding hydrogens is 188 g/mol. The van der Waals surface area contributed by atoms with E-state index in [4.69, 9.17) is 9.47 Å². The van der Waals surface area contributed by atoms with Crippen LogP contribution in [0.3, 0.4) is 0 Å². The highest BCUT2D eigenvalue weighted by Gasteiger charge is 2.08.